The second-order valence-electron chi connectivity index (χ2n) is 5.42. The topological polar surface area (TPSA) is 81.3 Å². The molecule has 0 bridgehead atoms. The molecule has 0 amide bonds. The van der Waals surface area contributed by atoms with Gasteiger partial charge >= 0.3 is 12.6 Å². The lowest BCUT2D eigenvalue weighted by molar-refractivity contribution is -0.0498. The molecular weight excluding hydrogens is 346 g/mol. The number of halogens is 2. The molecule has 1 heterocycles. The van der Waals surface area contributed by atoms with Crippen LogP contribution in [0.1, 0.15) is 29.2 Å². The van der Waals surface area contributed by atoms with Crippen molar-refractivity contribution in [3.63, 3.8) is 0 Å². The summed E-state index contributed by atoms with van der Waals surface area (Å²) in [6.07, 6.45) is -0.809. The van der Waals surface area contributed by atoms with Crippen molar-refractivity contribution < 1.29 is 23.0 Å². The zero-order valence-corrected chi connectivity index (χ0v) is 13.6. The van der Waals surface area contributed by atoms with Crippen molar-refractivity contribution in [1.29, 1.82) is 0 Å². The van der Waals surface area contributed by atoms with Crippen molar-refractivity contribution in [2.75, 3.05) is 0 Å². The number of nitrogens with zero attached hydrogens (tertiary/aromatic N) is 1. The van der Waals surface area contributed by atoms with Crippen molar-refractivity contribution in [3.8, 4) is 5.75 Å². The average Bonchev–Trinajstić information content (AvgIpc) is 2.61. The highest BCUT2D eigenvalue weighted by atomic mass is 19.3. The lowest BCUT2D eigenvalue weighted by atomic mass is 10.2. The normalized spacial score (nSPS) is 12.2. The standard InChI is InChI=1S/C18H14F2N2O4/c1-10(15-21-14-5-3-2-4-13(14)16(23)22-15)25-17(24)11-6-8-12(9-7-11)26-18(19)20/h2-10,18H,1H3,(H,21,22,23)/t10-/m1/s1. The van der Waals surface area contributed by atoms with Gasteiger partial charge in [0.1, 0.15) is 5.75 Å². The number of rotatable bonds is 5. The van der Waals surface area contributed by atoms with Crippen LogP contribution in [0, 0.1) is 0 Å². The van der Waals surface area contributed by atoms with Crippen LogP contribution in [0.25, 0.3) is 10.9 Å². The Hall–Kier alpha value is -3.29. The Bertz CT molecular complexity index is 986. The molecule has 0 aliphatic carbocycles. The number of carbonyl (C=O) groups excluding carboxylic acids is 1. The molecule has 0 radical (unpaired) electrons. The molecule has 1 N–H and O–H groups in total. The van der Waals surface area contributed by atoms with Crippen molar-refractivity contribution >= 4 is 16.9 Å². The molecule has 134 valence electrons. The van der Waals surface area contributed by atoms with Gasteiger partial charge in [0.25, 0.3) is 5.56 Å². The van der Waals surface area contributed by atoms with E-state index < -0.39 is 18.7 Å². The Kier molecular flexibility index (Phi) is 4.92. The van der Waals surface area contributed by atoms with Crippen LogP contribution < -0.4 is 10.3 Å². The van der Waals surface area contributed by atoms with Gasteiger partial charge in [0.2, 0.25) is 0 Å². The zero-order valence-electron chi connectivity index (χ0n) is 13.6. The maximum absolute atomic E-state index is 12.2. The highest BCUT2D eigenvalue weighted by Gasteiger charge is 2.17. The first-order valence-corrected chi connectivity index (χ1v) is 7.69. The molecule has 0 saturated carbocycles. The summed E-state index contributed by atoms with van der Waals surface area (Å²) in [6.45, 7) is -1.37. The number of hydrogen-bond acceptors (Lipinski definition) is 5. The second kappa shape index (κ2) is 7.30. The Balaban J connectivity index is 1.76. The van der Waals surface area contributed by atoms with E-state index in [-0.39, 0.29) is 22.7 Å². The fraction of sp³-hybridized carbons (Fsp3) is 0.167. The van der Waals surface area contributed by atoms with Gasteiger partial charge in [0, 0.05) is 0 Å². The largest absolute Gasteiger partial charge is 0.451 e. The van der Waals surface area contributed by atoms with Crippen LogP contribution in [0.15, 0.2) is 53.3 Å². The van der Waals surface area contributed by atoms with Crippen LogP contribution >= 0.6 is 0 Å². The van der Waals surface area contributed by atoms with Gasteiger partial charge in [-0.15, -0.1) is 0 Å². The second-order valence-corrected chi connectivity index (χ2v) is 5.42. The number of fused-ring (bicyclic) bond motifs is 1. The Morgan fingerprint density at radius 1 is 1.12 bits per heavy atom. The minimum Gasteiger partial charge on any atom is -0.451 e. The Morgan fingerprint density at radius 2 is 1.81 bits per heavy atom. The first-order valence-electron chi connectivity index (χ1n) is 7.69. The maximum Gasteiger partial charge on any atom is 0.387 e. The summed E-state index contributed by atoms with van der Waals surface area (Å²) < 4.78 is 33.8. The van der Waals surface area contributed by atoms with Crippen LogP contribution in [0.2, 0.25) is 0 Å². The molecule has 3 rings (SSSR count). The van der Waals surface area contributed by atoms with Gasteiger partial charge in [0.15, 0.2) is 11.9 Å². The van der Waals surface area contributed by atoms with Gasteiger partial charge in [-0.05, 0) is 43.3 Å². The third-order valence-electron chi connectivity index (χ3n) is 3.62. The number of ether oxygens (including phenoxy) is 2. The number of carbonyl (C=O) groups is 1. The van der Waals surface area contributed by atoms with Crippen molar-refractivity contribution in [2.24, 2.45) is 0 Å². The molecule has 0 aliphatic rings. The van der Waals surface area contributed by atoms with Crippen LogP contribution in [0.5, 0.6) is 5.75 Å². The van der Waals surface area contributed by atoms with Crippen LogP contribution in [0.4, 0.5) is 8.78 Å². The fourth-order valence-electron chi connectivity index (χ4n) is 2.35. The molecular formula is C18H14F2N2O4. The highest BCUT2D eigenvalue weighted by molar-refractivity contribution is 5.89. The third-order valence-corrected chi connectivity index (χ3v) is 3.62. The zero-order chi connectivity index (χ0) is 18.7. The lowest BCUT2D eigenvalue weighted by Gasteiger charge is -2.13. The number of H-pyrrole nitrogens is 1. The van der Waals surface area contributed by atoms with E-state index in [0.717, 1.165) is 0 Å². The van der Waals surface area contributed by atoms with Crippen molar-refractivity contribution in [3.05, 3.63) is 70.3 Å². The minimum atomic E-state index is -2.94. The molecule has 6 nitrogen and oxygen atoms in total. The van der Waals surface area contributed by atoms with E-state index >= 15 is 0 Å². The summed E-state index contributed by atoms with van der Waals surface area (Å²) in [4.78, 5) is 31.1. The van der Waals surface area contributed by atoms with E-state index in [2.05, 4.69) is 14.7 Å². The monoisotopic (exact) mass is 360 g/mol. The van der Waals surface area contributed by atoms with E-state index in [4.69, 9.17) is 4.74 Å². The average molecular weight is 360 g/mol. The quantitative estimate of drug-likeness (QED) is 0.705. The van der Waals surface area contributed by atoms with Gasteiger partial charge in [-0.3, -0.25) is 4.79 Å². The van der Waals surface area contributed by atoms with Gasteiger partial charge in [-0.1, -0.05) is 12.1 Å². The molecule has 1 atom stereocenters. The lowest BCUT2D eigenvalue weighted by Crippen LogP contribution is -2.17. The van der Waals surface area contributed by atoms with Gasteiger partial charge < -0.3 is 14.5 Å². The Labute approximate surface area is 146 Å². The minimum absolute atomic E-state index is 0.0647. The molecule has 1 aromatic heterocycles. The molecule has 2 aromatic carbocycles. The maximum atomic E-state index is 12.2. The van der Waals surface area contributed by atoms with E-state index in [1.165, 1.54) is 24.3 Å². The fourth-order valence-corrected chi connectivity index (χ4v) is 2.35. The summed E-state index contributed by atoms with van der Waals surface area (Å²) in [7, 11) is 0. The predicted octanol–water partition coefficient (Wildman–Crippen LogP) is 3.44. The number of para-hydroxylation sites is 1. The summed E-state index contributed by atoms with van der Waals surface area (Å²) in [5.74, 6) is -0.540. The number of hydrogen-bond donors (Lipinski definition) is 1. The molecule has 26 heavy (non-hydrogen) atoms. The van der Waals surface area contributed by atoms with Crippen molar-refractivity contribution in [1.82, 2.24) is 9.97 Å². The number of aromatic nitrogens is 2. The molecule has 0 fully saturated rings. The predicted molar refractivity (Wildman–Crippen MR) is 89.3 cm³/mol. The van der Waals surface area contributed by atoms with Crippen LogP contribution in [-0.2, 0) is 4.74 Å². The summed E-state index contributed by atoms with van der Waals surface area (Å²) in [6, 6.07) is 11.9. The van der Waals surface area contributed by atoms with E-state index in [0.29, 0.717) is 10.9 Å². The van der Waals surface area contributed by atoms with Gasteiger partial charge in [-0.2, -0.15) is 8.78 Å². The molecule has 0 aliphatic heterocycles. The number of nitrogens with one attached hydrogen (secondary N) is 1. The number of aromatic amines is 1. The Morgan fingerprint density at radius 3 is 2.50 bits per heavy atom. The smallest absolute Gasteiger partial charge is 0.387 e. The third kappa shape index (κ3) is 3.85. The van der Waals surface area contributed by atoms with Crippen LogP contribution in [-0.4, -0.2) is 22.5 Å². The summed E-state index contributed by atoms with van der Waals surface area (Å²) in [5, 5.41) is 0.435. The highest BCUT2D eigenvalue weighted by Crippen LogP contribution is 2.19. The number of esters is 1. The molecule has 8 heteroatoms. The summed E-state index contributed by atoms with van der Waals surface area (Å²) >= 11 is 0. The molecule has 0 saturated heterocycles. The van der Waals surface area contributed by atoms with Gasteiger partial charge in [0.05, 0.1) is 16.5 Å². The van der Waals surface area contributed by atoms with Crippen molar-refractivity contribution in [2.45, 2.75) is 19.6 Å². The first kappa shape index (κ1) is 17.5. The van der Waals surface area contributed by atoms with E-state index in [1.807, 2.05) is 0 Å². The summed E-state index contributed by atoms with van der Waals surface area (Å²) in [5.41, 5.74) is 0.311. The number of alkyl halides is 2. The molecule has 3 aromatic rings. The van der Waals surface area contributed by atoms with Gasteiger partial charge in [-0.25, -0.2) is 9.78 Å². The van der Waals surface area contributed by atoms with E-state index in [9.17, 15) is 18.4 Å². The SMILES string of the molecule is C[C@@H](OC(=O)c1ccc(OC(F)F)cc1)c1nc2ccccc2c(=O)[nH]1. The first-order chi connectivity index (χ1) is 12.4. The molecule has 0 spiro atoms. The number of benzene rings is 2. The van der Waals surface area contributed by atoms with E-state index in [1.54, 1.807) is 31.2 Å². The molecule has 0 unspecified atom stereocenters. The van der Waals surface area contributed by atoms with Crippen LogP contribution in [0.3, 0.4) is 0 Å².